The third kappa shape index (κ3) is 6.10. The SMILES string of the molecule is O=C(NCC(F)(F)F)c1cc(-c2cnn3cc(-c4ccc(OCCN5CCC(F)(F)C5)cc4)cnc23)cs1. The number of hydrogen-bond acceptors (Lipinski definition) is 6. The Morgan fingerprint density at radius 2 is 1.92 bits per heavy atom. The third-order valence-corrected chi connectivity index (χ3v) is 6.98. The summed E-state index contributed by atoms with van der Waals surface area (Å²) >= 11 is 1.04. The molecule has 1 amide bonds. The zero-order valence-corrected chi connectivity index (χ0v) is 20.7. The largest absolute Gasteiger partial charge is 0.492 e. The van der Waals surface area contributed by atoms with Crippen LogP contribution in [0.4, 0.5) is 22.0 Å². The molecule has 0 bridgehead atoms. The molecule has 200 valence electrons. The second-order valence-corrected chi connectivity index (χ2v) is 9.83. The van der Waals surface area contributed by atoms with Gasteiger partial charge in [0.15, 0.2) is 5.65 Å². The number of carbonyl (C=O) groups is 1. The van der Waals surface area contributed by atoms with Crippen molar-refractivity contribution in [2.24, 2.45) is 0 Å². The first-order chi connectivity index (χ1) is 18.1. The van der Waals surface area contributed by atoms with Gasteiger partial charge in [0, 0.05) is 43.0 Å². The van der Waals surface area contributed by atoms with Gasteiger partial charge in [-0.2, -0.15) is 18.3 Å². The summed E-state index contributed by atoms with van der Waals surface area (Å²) in [5.74, 6) is -2.78. The quantitative estimate of drug-likeness (QED) is 0.307. The van der Waals surface area contributed by atoms with Crippen molar-refractivity contribution in [3.05, 3.63) is 59.2 Å². The number of alkyl halides is 5. The minimum absolute atomic E-state index is 0.116. The second-order valence-electron chi connectivity index (χ2n) is 8.92. The molecule has 1 aliphatic heterocycles. The fraction of sp³-hybridized carbons (Fsp3) is 0.320. The lowest BCUT2D eigenvalue weighted by Gasteiger charge is -2.16. The van der Waals surface area contributed by atoms with Crippen LogP contribution < -0.4 is 10.1 Å². The monoisotopic (exact) mass is 551 g/mol. The van der Waals surface area contributed by atoms with Crippen molar-refractivity contribution in [2.45, 2.75) is 18.5 Å². The van der Waals surface area contributed by atoms with Crippen LogP contribution in [0.3, 0.4) is 0 Å². The van der Waals surface area contributed by atoms with Crippen LogP contribution in [0.15, 0.2) is 54.3 Å². The smallest absolute Gasteiger partial charge is 0.405 e. The lowest BCUT2D eigenvalue weighted by atomic mass is 10.1. The molecule has 3 aromatic heterocycles. The van der Waals surface area contributed by atoms with E-state index in [9.17, 15) is 26.7 Å². The zero-order valence-electron chi connectivity index (χ0n) is 19.8. The Morgan fingerprint density at radius 1 is 1.13 bits per heavy atom. The molecule has 38 heavy (non-hydrogen) atoms. The predicted octanol–water partition coefficient (Wildman–Crippen LogP) is 5.14. The number of thiophene rings is 1. The van der Waals surface area contributed by atoms with Gasteiger partial charge in [-0.1, -0.05) is 12.1 Å². The van der Waals surface area contributed by atoms with E-state index >= 15 is 0 Å². The maximum Gasteiger partial charge on any atom is 0.405 e. The molecule has 4 aromatic rings. The van der Waals surface area contributed by atoms with Crippen molar-refractivity contribution in [3.8, 4) is 28.0 Å². The number of nitrogens with one attached hydrogen (secondary N) is 1. The number of aromatic nitrogens is 3. The summed E-state index contributed by atoms with van der Waals surface area (Å²) in [6, 6.07) is 8.82. The number of rotatable bonds is 8. The first kappa shape index (κ1) is 26.0. The number of carbonyl (C=O) groups excluding carboxylic acids is 1. The molecule has 0 spiro atoms. The molecule has 13 heteroatoms. The van der Waals surface area contributed by atoms with Crippen LogP contribution in [0.1, 0.15) is 16.1 Å². The van der Waals surface area contributed by atoms with Crippen LogP contribution in [0.25, 0.3) is 27.9 Å². The van der Waals surface area contributed by atoms with Gasteiger partial charge in [-0.3, -0.25) is 9.69 Å². The summed E-state index contributed by atoms with van der Waals surface area (Å²) in [6.07, 6.45) is 0.447. The molecule has 1 saturated heterocycles. The Kier molecular flexibility index (Phi) is 7.05. The fourth-order valence-corrected chi connectivity index (χ4v) is 4.95. The average molecular weight is 552 g/mol. The molecule has 0 atom stereocenters. The van der Waals surface area contributed by atoms with Crippen molar-refractivity contribution < 1.29 is 31.5 Å². The summed E-state index contributed by atoms with van der Waals surface area (Å²) in [5.41, 5.74) is 3.45. The molecule has 1 N–H and O–H groups in total. The van der Waals surface area contributed by atoms with E-state index in [1.165, 1.54) is 6.07 Å². The van der Waals surface area contributed by atoms with Gasteiger partial charge in [0.25, 0.3) is 11.8 Å². The Balaban J connectivity index is 1.22. The summed E-state index contributed by atoms with van der Waals surface area (Å²) in [6.45, 7) is -0.514. The molecule has 4 heterocycles. The van der Waals surface area contributed by atoms with E-state index in [4.69, 9.17) is 4.74 Å². The van der Waals surface area contributed by atoms with Gasteiger partial charge in [0.1, 0.15) is 18.9 Å². The molecule has 1 aliphatic rings. The van der Waals surface area contributed by atoms with Crippen LogP contribution >= 0.6 is 11.3 Å². The predicted molar refractivity (Wildman–Crippen MR) is 132 cm³/mol. The Labute approximate surface area is 217 Å². The van der Waals surface area contributed by atoms with E-state index in [2.05, 4.69) is 10.1 Å². The van der Waals surface area contributed by atoms with Crippen LogP contribution in [0, 0.1) is 0 Å². The van der Waals surface area contributed by atoms with Crippen LogP contribution in [0.2, 0.25) is 0 Å². The molecule has 0 saturated carbocycles. The summed E-state index contributed by atoms with van der Waals surface area (Å²) in [4.78, 5) is 18.4. The second kappa shape index (κ2) is 10.3. The number of ether oxygens (including phenoxy) is 1. The number of benzene rings is 1. The topological polar surface area (TPSA) is 71.8 Å². The Bertz CT molecular complexity index is 1430. The minimum atomic E-state index is -4.48. The first-order valence-corrected chi connectivity index (χ1v) is 12.5. The highest BCUT2D eigenvalue weighted by atomic mass is 32.1. The van der Waals surface area contributed by atoms with Gasteiger partial charge in [0.2, 0.25) is 0 Å². The molecular weight excluding hydrogens is 529 g/mol. The van der Waals surface area contributed by atoms with E-state index in [0.29, 0.717) is 42.2 Å². The highest BCUT2D eigenvalue weighted by Gasteiger charge is 2.37. The number of fused-ring (bicyclic) bond motifs is 1. The van der Waals surface area contributed by atoms with Crippen LogP contribution in [-0.2, 0) is 0 Å². The summed E-state index contributed by atoms with van der Waals surface area (Å²) < 4.78 is 71.0. The van der Waals surface area contributed by atoms with Gasteiger partial charge in [0.05, 0.1) is 17.6 Å². The molecule has 7 nitrogen and oxygen atoms in total. The molecule has 1 aromatic carbocycles. The van der Waals surface area contributed by atoms with Crippen molar-refractivity contribution in [1.29, 1.82) is 0 Å². The fourth-order valence-electron chi connectivity index (χ4n) is 4.13. The van der Waals surface area contributed by atoms with Crippen LogP contribution in [0.5, 0.6) is 5.75 Å². The summed E-state index contributed by atoms with van der Waals surface area (Å²) in [7, 11) is 0. The normalized spacial score (nSPS) is 15.7. The number of nitrogens with zero attached hydrogens (tertiary/aromatic N) is 4. The zero-order chi connectivity index (χ0) is 26.9. The molecule has 0 aliphatic carbocycles. The molecule has 0 radical (unpaired) electrons. The van der Waals surface area contributed by atoms with Gasteiger partial charge in [-0.25, -0.2) is 18.3 Å². The number of likely N-dealkylation sites (tertiary alicyclic amines) is 1. The lowest BCUT2D eigenvalue weighted by molar-refractivity contribution is -0.123. The molecular formula is C25H22F5N5O2S. The maximum atomic E-state index is 13.3. The van der Waals surface area contributed by atoms with E-state index in [-0.39, 0.29) is 17.8 Å². The van der Waals surface area contributed by atoms with Gasteiger partial charge in [-0.05, 0) is 34.7 Å². The number of halogens is 5. The van der Waals surface area contributed by atoms with Crippen molar-refractivity contribution in [1.82, 2.24) is 24.8 Å². The van der Waals surface area contributed by atoms with Crippen LogP contribution in [-0.4, -0.2) is 70.3 Å². The highest BCUT2D eigenvalue weighted by molar-refractivity contribution is 7.12. The van der Waals surface area contributed by atoms with Crippen molar-refractivity contribution >= 4 is 22.9 Å². The first-order valence-electron chi connectivity index (χ1n) is 11.7. The van der Waals surface area contributed by atoms with Gasteiger partial charge < -0.3 is 10.1 Å². The van der Waals surface area contributed by atoms with Crippen molar-refractivity contribution in [3.63, 3.8) is 0 Å². The Morgan fingerprint density at radius 3 is 2.63 bits per heavy atom. The maximum absolute atomic E-state index is 13.3. The van der Waals surface area contributed by atoms with Crippen molar-refractivity contribution in [2.75, 3.05) is 32.8 Å². The molecule has 1 fully saturated rings. The van der Waals surface area contributed by atoms with Gasteiger partial charge in [-0.15, -0.1) is 11.3 Å². The third-order valence-electron chi connectivity index (χ3n) is 6.05. The minimum Gasteiger partial charge on any atom is -0.492 e. The van der Waals surface area contributed by atoms with E-state index < -0.39 is 24.6 Å². The van der Waals surface area contributed by atoms with E-state index in [1.807, 2.05) is 17.4 Å². The number of amides is 1. The summed E-state index contributed by atoms with van der Waals surface area (Å²) in [5, 5.41) is 7.87. The van der Waals surface area contributed by atoms with E-state index in [1.54, 1.807) is 45.5 Å². The molecule has 5 rings (SSSR count). The molecule has 0 unspecified atom stereocenters. The average Bonchev–Trinajstić information content (AvgIpc) is 3.60. The number of hydrogen-bond donors (Lipinski definition) is 1. The Hall–Kier alpha value is -3.58. The van der Waals surface area contributed by atoms with Gasteiger partial charge >= 0.3 is 6.18 Å². The van der Waals surface area contributed by atoms with E-state index in [0.717, 1.165) is 22.5 Å². The standard InChI is InChI=1S/C25H22F5N5O2S/c26-24(27)5-6-34(15-24)7-8-37-19-3-1-16(2-4-19)18-10-31-22-20(11-33-35(22)12-18)17-9-21(38-13-17)23(36)32-14-25(28,29)30/h1-4,9-13H,5-8,14-15H2,(H,32,36). The highest BCUT2D eigenvalue weighted by Crippen LogP contribution is 2.30. The lowest BCUT2D eigenvalue weighted by Crippen LogP contribution is -2.33.